The van der Waals surface area contributed by atoms with Gasteiger partial charge in [-0.3, -0.25) is 9.36 Å². The number of thiophene rings is 1. The number of carbonyl (C=O) groups is 1. The molecule has 2 aromatic heterocycles. The second-order valence-electron chi connectivity index (χ2n) is 6.22. The van der Waals surface area contributed by atoms with Crippen LogP contribution in [0.3, 0.4) is 0 Å². The zero-order valence-electron chi connectivity index (χ0n) is 16.4. The average molecular weight is 480 g/mol. The largest absolute Gasteiger partial charge is 0.486 e. The van der Waals surface area contributed by atoms with E-state index in [2.05, 4.69) is 22.1 Å². The summed E-state index contributed by atoms with van der Waals surface area (Å²) in [5.41, 5.74) is -0.424. The second-order valence-corrected chi connectivity index (χ2v) is 8.08. The fourth-order valence-corrected chi connectivity index (χ4v) is 4.06. The number of benzene rings is 1. The number of nitrogens with zero attached hydrogens (tertiary/aromatic N) is 4. The van der Waals surface area contributed by atoms with Crippen molar-refractivity contribution in [1.29, 1.82) is 5.26 Å². The minimum Gasteiger partial charge on any atom is -0.486 e. The summed E-state index contributed by atoms with van der Waals surface area (Å²) in [6.07, 6.45) is -2.87. The van der Waals surface area contributed by atoms with Gasteiger partial charge in [-0.2, -0.15) is 18.4 Å². The number of thioether (sulfide) groups is 1. The van der Waals surface area contributed by atoms with Crippen molar-refractivity contribution in [2.75, 3.05) is 11.1 Å². The summed E-state index contributed by atoms with van der Waals surface area (Å²) < 4.78 is 45.7. The fraction of sp³-hybridized carbons (Fsp3) is 0.200. The van der Waals surface area contributed by atoms with Crippen LogP contribution in [0.2, 0.25) is 0 Å². The number of hydrogen-bond donors (Lipinski definition) is 1. The molecular weight excluding hydrogens is 463 g/mol. The lowest BCUT2D eigenvalue weighted by atomic mass is 10.2. The lowest BCUT2D eigenvalue weighted by Crippen LogP contribution is -2.15. The molecule has 0 saturated carbocycles. The van der Waals surface area contributed by atoms with Crippen LogP contribution in [0.4, 0.5) is 18.2 Å². The predicted molar refractivity (Wildman–Crippen MR) is 114 cm³/mol. The maximum Gasteiger partial charge on any atom is 0.416 e. The van der Waals surface area contributed by atoms with E-state index >= 15 is 0 Å². The summed E-state index contributed by atoms with van der Waals surface area (Å²) in [4.78, 5) is 12.2. The van der Waals surface area contributed by atoms with Crippen LogP contribution in [0, 0.1) is 11.3 Å². The number of aromatic nitrogens is 3. The van der Waals surface area contributed by atoms with Crippen molar-refractivity contribution in [2.24, 2.45) is 0 Å². The van der Waals surface area contributed by atoms with Crippen LogP contribution in [0.25, 0.3) is 0 Å². The Bertz CT molecular complexity index is 1150. The summed E-state index contributed by atoms with van der Waals surface area (Å²) in [6.45, 7) is 3.88. The van der Waals surface area contributed by atoms with Gasteiger partial charge in [-0.25, -0.2) is 0 Å². The number of carbonyl (C=O) groups excluding carboxylic acids is 1. The average Bonchev–Trinajstić information content (AvgIpc) is 3.37. The van der Waals surface area contributed by atoms with Crippen molar-refractivity contribution in [3.8, 4) is 11.8 Å². The molecule has 32 heavy (non-hydrogen) atoms. The normalized spacial score (nSPS) is 11.1. The number of rotatable bonds is 9. The smallest absolute Gasteiger partial charge is 0.416 e. The van der Waals surface area contributed by atoms with Crippen LogP contribution in [0.15, 0.2) is 53.5 Å². The van der Waals surface area contributed by atoms with Crippen LogP contribution in [0.5, 0.6) is 5.75 Å². The van der Waals surface area contributed by atoms with E-state index in [4.69, 9.17) is 10.00 Å². The highest BCUT2D eigenvalue weighted by molar-refractivity contribution is 7.99. The molecule has 166 valence electrons. The zero-order valence-corrected chi connectivity index (χ0v) is 18.1. The van der Waals surface area contributed by atoms with Crippen molar-refractivity contribution in [2.45, 2.75) is 24.5 Å². The molecule has 0 radical (unpaired) electrons. The highest BCUT2D eigenvalue weighted by atomic mass is 32.2. The molecule has 7 nitrogen and oxygen atoms in total. The van der Waals surface area contributed by atoms with Crippen molar-refractivity contribution in [3.63, 3.8) is 0 Å². The Morgan fingerprint density at radius 3 is 2.91 bits per heavy atom. The Balaban J connectivity index is 1.64. The van der Waals surface area contributed by atoms with Crippen molar-refractivity contribution in [3.05, 3.63) is 65.3 Å². The Labute approximate surface area is 189 Å². The maximum atomic E-state index is 12.9. The molecule has 2 heterocycles. The summed E-state index contributed by atoms with van der Waals surface area (Å²) in [7, 11) is 0. The van der Waals surface area contributed by atoms with Gasteiger partial charge in [-0.1, -0.05) is 23.9 Å². The minimum absolute atomic E-state index is 0.0204. The van der Waals surface area contributed by atoms with Gasteiger partial charge in [0.15, 0.2) is 11.0 Å². The van der Waals surface area contributed by atoms with E-state index in [9.17, 15) is 18.0 Å². The molecule has 0 bridgehead atoms. The van der Waals surface area contributed by atoms with Crippen LogP contribution >= 0.6 is 23.1 Å². The lowest BCUT2D eigenvalue weighted by molar-refractivity contribution is -0.137. The van der Waals surface area contributed by atoms with Crippen LogP contribution < -0.4 is 10.1 Å². The maximum absolute atomic E-state index is 12.9. The monoisotopic (exact) mass is 479 g/mol. The van der Waals surface area contributed by atoms with Crippen LogP contribution in [0.1, 0.15) is 17.0 Å². The molecule has 0 aliphatic heterocycles. The second kappa shape index (κ2) is 10.3. The van der Waals surface area contributed by atoms with Gasteiger partial charge in [0.2, 0.25) is 5.91 Å². The van der Waals surface area contributed by atoms with E-state index < -0.39 is 11.7 Å². The fourth-order valence-electron chi connectivity index (χ4n) is 2.54. The van der Waals surface area contributed by atoms with Crippen LogP contribution in [-0.4, -0.2) is 26.4 Å². The van der Waals surface area contributed by atoms with Crippen molar-refractivity contribution in [1.82, 2.24) is 14.8 Å². The first kappa shape index (κ1) is 23.4. The topological polar surface area (TPSA) is 92.8 Å². The number of ether oxygens (including phenoxy) is 1. The van der Waals surface area contributed by atoms with Gasteiger partial charge in [0, 0.05) is 6.54 Å². The molecule has 0 spiro atoms. The molecule has 3 aromatic rings. The highest BCUT2D eigenvalue weighted by Gasteiger charge is 2.30. The Morgan fingerprint density at radius 2 is 2.19 bits per heavy atom. The first-order chi connectivity index (χ1) is 15.3. The number of nitrogens with one attached hydrogen (secondary N) is 1. The first-order valence-corrected chi connectivity index (χ1v) is 10.9. The molecule has 1 aromatic carbocycles. The lowest BCUT2D eigenvalue weighted by Gasteiger charge is -2.11. The summed E-state index contributed by atoms with van der Waals surface area (Å²) in [5, 5.41) is 22.4. The van der Waals surface area contributed by atoms with E-state index in [1.54, 1.807) is 22.1 Å². The van der Waals surface area contributed by atoms with Crippen molar-refractivity contribution >= 4 is 34.0 Å². The molecule has 0 unspecified atom stereocenters. The SMILES string of the molecule is C=CCn1c(COc2cccc(C(F)(F)F)c2)nnc1SCC(=O)Nc1sccc1C#N. The number of nitriles is 1. The van der Waals surface area contributed by atoms with E-state index in [0.29, 0.717) is 28.1 Å². The Morgan fingerprint density at radius 1 is 1.38 bits per heavy atom. The summed E-state index contributed by atoms with van der Waals surface area (Å²) >= 11 is 2.38. The molecule has 0 saturated heterocycles. The number of anilines is 1. The number of hydrogen-bond acceptors (Lipinski definition) is 7. The third-order valence-corrected chi connectivity index (χ3v) is 5.80. The van der Waals surface area contributed by atoms with Gasteiger partial charge in [-0.05, 0) is 29.6 Å². The quantitative estimate of drug-likeness (QED) is 0.353. The number of amides is 1. The van der Waals surface area contributed by atoms with E-state index in [-0.39, 0.29) is 24.0 Å². The van der Waals surface area contributed by atoms with Gasteiger partial charge in [0.25, 0.3) is 0 Å². The highest BCUT2D eigenvalue weighted by Crippen LogP contribution is 2.31. The van der Waals surface area contributed by atoms with Gasteiger partial charge >= 0.3 is 6.18 Å². The summed E-state index contributed by atoms with van der Waals surface area (Å²) in [6, 6.07) is 8.17. The van der Waals surface area contributed by atoms with E-state index in [0.717, 1.165) is 23.9 Å². The van der Waals surface area contributed by atoms with E-state index in [1.165, 1.54) is 23.5 Å². The molecular formula is C20H16F3N5O2S2. The van der Waals surface area contributed by atoms with Gasteiger partial charge in [0.05, 0.1) is 16.9 Å². The van der Waals surface area contributed by atoms with Crippen molar-refractivity contribution < 1.29 is 22.7 Å². The first-order valence-electron chi connectivity index (χ1n) is 9.05. The Hall–Kier alpha value is -3.30. The number of alkyl halides is 3. The van der Waals surface area contributed by atoms with E-state index in [1.807, 2.05) is 6.07 Å². The van der Waals surface area contributed by atoms with Gasteiger partial charge in [-0.15, -0.1) is 28.1 Å². The summed E-state index contributed by atoms with van der Waals surface area (Å²) in [5.74, 6) is 0.122. The molecule has 0 fully saturated rings. The minimum atomic E-state index is -4.47. The third kappa shape index (κ3) is 5.89. The number of allylic oxidation sites excluding steroid dienone is 1. The molecule has 1 N–H and O–H groups in total. The zero-order chi connectivity index (χ0) is 23.1. The van der Waals surface area contributed by atoms with Gasteiger partial charge in [0.1, 0.15) is 23.4 Å². The molecule has 0 aliphatic rings. The standard InChI is InChI=1S/C20H16F3N5O2S2/c1-2-7-28-16(11-30-15-5-3-4-14(9-15)20(21,22)23)26-27-19(28)32-12-17(29)25-18-13(10-24)6-8-31-18/h2-6,8-9H,1,7,11-12H2,(H,25,29). The number of halogens is 3. The Kier molecular flexibility index (Phi) is 7.55. The van der Waals surface area contributed by atoms with Gasteiger partial charge < -0.3 is 10.1 Å². The molecule has 1 amide bonds. The molecule has 3 rings (SSSR count). The molecule has 0 aliphatic carbocycles. The third-order valence-electron chi connectivity index (χ3n) is 4.01. The van der Waals surface area contributed by atoms with Crippen LogP contribution in [-0.2, 0) is 24.1 Å². The predicted octanol–water partition coefficient (Wildman–Crippen LogP) is 4.73. The molecule has 12 heteroatoms. The molecule has 0 atom stereocenters.